The van der Waals surface area contributed by atoms with Gasteiger partial charge in [-0.3, -0.25) is 19.6 Å². The zero-order chi connectivity index (χ0) is 23.8. The highest BCUT2D eigenvalue weighted by molar-refractivity contribution is 7.94. The van der Waals surface area contributed by atoms with Crippen molar-refractivity contribution < 1.29 is 22.7 Å². The molecule has 2 amide bonds. The molecule has 0 atom stereocenters. The number of methoxy groups -OCH3 is 1. The van der Waals surface area contributed by atoms with E-state index < -0.39 is 21.8 Å². The van der Waals surface area contributed by atoms with Crippen molar-refractivity contribution in [1.82, 2.24) is 15.5 Å². The Morgan fingerprint density at radius 1 is 1.06 bits per heavy atom. The Kier molecular flexibility index (Phi) is 8.09. The quantitative estimate of drug-likeness (QED) is 0.294. The molecule has 0 spiro atoms. The summed E-state index contributed by atoms with van der Waals surface area (Å²) in [5.41, 5.74) is 1.59. The molecule has 3 rings (SSSR count). The van der Waals surface area contributed by atoms with E-state index in [4.69, 9.17) is 4.74 Å². The molecular formula is C21H23N5O5S2. The van der Waals surface area contributed by atoms with Crippen molar-refractivity contribution in [3.63, 3.8) is 0 Å². The zero-order valence-electron chi connectivity index (χ0n) is 18.0. The van der Waals surface area contributed by atoms with Crippen LogP contribution in [0.5, 0.6) is 0 Å². The number of sulfonamides is 1. The molecule has 0 bridgehead atoms. The van der Waals surface area contributed by atoms with Crippen molar-refractivity contribution in [1.29, 1.82) is 0 Å². The van der Waals surface area contributed by atoms with Gasteiger partial charge in [-0.05, 0) is 37.6 Å². The predicted octanol–water partition coefficient (Wildman–Crippen LogP) is 2.67. The number of para-hydroxylation sites is 1. The van der Waals surface area contributed by atoms with Crippen LogP contribution in [0.15, 0.2) is 52.9 Å². The third kappa shape index (κ3) is 6.57. The van der Waals surface area contributed by atoms with Gasteiger partial charge in [-0.2, -0.15) is 8.42 Å². The molecule has 0 unspecified atom stereocenters. The van der Waals surface area contributed by atoms with Crippen molar-refractivity contribution in [2.45, 2.75) is 17.7 Å². The van der Waals surface area contributed by atoms with E-state index in [0.29, 0.717) is 36.5 Å². The van der Waals surface area contributed by atoms with Crippen LogP contribution in [-0.2, 0) is 14.8 Å². The van der Waals surface area contributed by atoms with Crippen molar-refractivity contribution in [2.75, 3.05) is 30.3 Å². The molecule has 0 fully saturated rings. The van der Waals surface area contributed by atoms with Crippen LogP contribution in [0.4, 0.5) is 10.8 Å². The van der Waals surface area contributed by atoms with Crippen LogP contribution in [0.2, 0.25) is 0 Å². The van der Waals surface area contributed by atoms with Crippen molar-refractivity contribution in [3.05, 3.63) is 65.2 Å². The SMILES string of the molecule is COCCCNC(=O)c1ccccc1NS(=O)(=O)c1nnc(NC(=O)c2cccc(C)c2)s1. The van der Waals surface area contributed by atoms with E-state index in [1.54, 1.807) is 37.4 Å². The molecule has 0 aliphatic rings. The van der Waals surface area contributed by atoms with Gasteiger partial charge in [0.05, 0.1) is 11.3 Å². The van der Waals surface area contributed by atoms with Crippen LogP contribution in [-0.4, -0.2) is 50.7 Å². The summed E-state index contributed by atoms with van der Waals surface area (Å²) in [6.45, 7) is 2.73. The number of nitrogens with one attached hydrogen (secondary N) is 3. The van der Waals surface area contributed by atoms with Gasteiger partial charge in [0.25, 0.3) is 26.2 Å². The highest BCUT2D eigenvalue weighted by Crippen LogP contribution is 2.25. The molecule has 174 valence electrons. The van der Waals surface area contributed by atoms with Crippen LogP contribution in [0.3, 0.4) is 0 Å². The zero-order valence-corrected chi connectivity index (χ0v) is 19.6. The van der Waals surface area contributed by atoms with Crippen LogP contribution >= 0.6 is 11.3 Å². The van der Waals surface area contributed by atoms with Crippen LogP contribution < -0.4 is 15.4 Å². The fourth-order valence-electron chi connectivity index (χ4n) is 2.80. The van der Waals surface area contributed by atoms with E-state index in [1.165, 1.54) is 12.1 Å². The van der Waals surface area contributed by atoms with Crippen molar-refractivity contribution in [3.8, 4) is 0 Å². The highest BCUT2D eigenvalue weighted by atomic mass is 32.2. The number of benzene rings is 2. The third-order valence-corrected chi connectivity index (χ3v) is 6.94. The highest BCUT2D eigenvalue weighted by Gasteiger charge is 2.23. The first kappa shape index (κ1) is 24.3. The second-order valence-electron chi connectivity index (χ2n) is 6.95. The summed E-state index contributed by atoms with van der Waals surface area (Å²) >= 11 is 0.701. The first-order valence-electron chi connectivity index (χ1n) is 9.90. The molecular weight excluding hydrogens is 466 g/mol. The predicted molar refractivity (Wildman–Crippen MR) is 125 cm³/mol. The Hall–Kier alpha value is -3.35. The fourth-order valence-corrected chi connectivity index (χ4v) is 4.77. The van der Waals surface area contributed by atoms with Gasteiger partial charge < -0.3 is 10.1 Å². The summed E-state index contributed by atoms with van der Waals surface area (Å²) in [5, 5.41) is 12.7. The van der Waals surface area contributed by atoms with Gasteiger partial charge >= 0.3 is 0 Å². The third-order valence-electron chi connectivity index (χ3n) is 4.36. The number of ether oxygens (including phenoxy) is 1. The fraction of sp³-hybridized carbons (Fsp3) is 0.238. The number of carbonyl (C=O) groups excluding carboxylic acids is 2. The summed E-state index contributed by atoms with van der Waals surface area (Å²) in [4.78, 5) is 24.8. The summed E-state index contributed by atoms with van der Waals surface area (Å²) < 4.78 is 32.6. The molecule has 0 saturated carbocycles. The standard InChI is InChI=1S/C21H23N5O5S2/c1-14-7-5-8-15(13-14)18(27)23-20-24-25-21(32-20)33(29,30)26-17-10-4-3-9-16(17)19(28)22-11-6-12-31-2/h3-5,7-10,13,26H,6,11-12H2,1-2H3,(H,22,28)(H,23,24,27). The Balaban J connectivity index is 1.71. The Bertz CT molecular complexity index is 1240. The first-order valence-corrected chi connectivity index (χ1v) is 12.2. The first-order chi connectivity index (χ1) is 15.8. The molecule has 0 radical (unpaired) electrons. The molecule has 3 N–H and O–H groups in total. The van der Waals surface area contributed by atoms with Gasteiger partial charge in [-0.1, -0.05) is 41.2 Å². The second kappa shape index (κ2) is 11.0. The Labute approximate surface area is 195 Å². The van der Waals surface area contributed by atoms with E-state index in [1.807, 2.05) is 13.0 Å². The van der Waals surface area contributed by atoms with Crippen molar-refractivity contribution in [2.24, 2.45) is 0 Å². The van der Waals surface area contributed by atoms with Crippen LogP contribution in [0.25, 0.3) is 0 Å². The maximum atomic E-state index is 12.8. The lowest BCUT2D eigenvalue weighted by atomic mass is 10.1. The average Bonchev–Trinajstić information content (AvgIpc) is 3.26. The lowest BCUT2D eigenvalue weighted by Gasteiger charge is -2.11. The second-order valence-corrected chi connectivity index (χ2v) is 9.78. The minimum atomic E-state index is -4.14. The summed E-state index contributed by atoms with van der Waals surface area (Å²) in [5.74, 6) is -0.852. The van der Waals surface area contributed by atoms with E-state index >= 15 is 0 Å². The number of hydrogen-bond donors (Lipinski definition) is 3. The van der Waals surface area contributed by atoms with Gasteiger partial charge in [-0.25, -0.2) is 0 Å². The van der Waals surface area contributed by atoms with Gasteiger partial charge in [0.1, 0.15) is 0 Å². The van der Waals surface area contributed by atoms with Gasteiger partial charge in [0.2, 0.25) is 5.13 Å². The number of aryl methyl sites for hydroxylation is 1. The van der Waals surface area contributed by atoms with Crippen LogP contribution in [0, 0.1) is 6.92 Å². The van der Waals surface area contributed by atoms with Gasteiger partial charge in [0.15, 0.2) is 0 Å². The monoisotopic (exact) mass is 489 g/mol. The van der Waals surface area contributed by atoms with E-state index in [9.17, 15) is 18.0 Å². The minimum Gasteiger partial charge on any atom is -0.385 e. The van der Waals surface area contributed by atoms with E-state index in [-0.39, 0.29) is 20.7 Å². The molecule has 1 aromatic heterocycles. The number of anilines is 2. The molecule has 2 aromatic carbocycles. The molecule has 10 nitrogen and oxygen atoms in total. The van der Waals surface area contributed by atoms with E-state index in [0.717, 1.165) is 5.56 Å². The minimum absolute atomic E-state index is 0.0334. The van der Waals surface area contributed by atoms with Crippen molar-refractivity contribution >= 4 is 44.0 Å². The Morgan fingerprint density at radius 2 is 1.85 bits per heavy atom. The molecule has 1 heterocycles. The number of carbonyl (C=O) groups is 2. The van der Waals surface area contributed by atoms with Crippen LogP contribution in [0.1, 0.15) is 32.7 Å². The number of hydrogen-bond acceptors (Lipinski definition) is 8. The summed E-state index contributed by atoms with van der Waals surface area (Å²) in [6.07, 6.45) is 0.623. The molecule has 33 heavy (non-hydrogen) atoms. The van der Waals surface area contributed by atoms with Gasteiger partial charge in [0, 0.05) is 25.8 Å². The smallest absolute Gasteiger partial charge is 0.291 e. The Morgan fingerprint density at radius 3 is 2.61 bits per heavy atom. The largest absolute Gasteiger partial charge is 0.385 e. The lowest BCUT2D eigenvalue weighted by Crippen LogP contribution is -2.26. The molecule has 12 heteroatoms. The van der Waals surface area contributed by atoms with E-state index in [2.05, 4.69) is 25.6 Å². The molecule has 0 saturated heterocycles. The maximum Gasteiger partial charge on any atom is 0.291 e. The molecule has 3 aromatic rings. The summed E-state index contributed by atoms with van der Waals surface area (Å²) in [6, 6.07) is 13.2. The topological polar surface area (TPSA) is 139 Å². The number of nitrogens with zero attached hydrogens (tertiary/aromatic N) is 2. The number of aromatic nitrogens is 2. The number of amides is 2. The lowest BCUT2D eigenvalue weighted by molar-refractivity contribution is 0.0948. The average molecular weight is 490 g/mol. The normalized spacial score (nSPS) is 11.1. The maximum absolute atomic E-state index is 12.8. The molecule has 0 aliphatic heterocycles. The summed E-state index contributed by atoms with van der Waals surface area (Å²) in [7, 11) is -2.57. The molecule has 0 aliphatic carbocycles. The number of rotatable bonds is 10. The van der Waals surface area contributed by atoms with Gasteiger partial charge in [-0.15, -0.1) is 10.2 Å².